The number of rotatable bonds is 4. The Morgan fingerprint density at radius 1 is 1.28 bits per heavy atom. The summed E-state index contributed by atoms with van der Waals surface area (Å²) in [7, 11) is 0. The molecule has 1 amide bonds. The van der Waals surface area contributed by atoms with Crippen molar-refractivity contribution >= 4 is 32.6 Å². The number of carbonyl (C=O) groups is 1. The minimum Gasteiger partial charge on any atom is -0.456 e. The van der Waals surface area contributed by atoms with Crippen LogP contribution in [0.2, 0.25) is 0 Å². The molecule has 25 heavy (non-hydrogen) atoms. The molecule has 2 aromatic carbocycles. The molecule has 0 saturated heterocycles. The van der Waals surface area contributed by atoms with Crippen molar-refractivity contribution in [2.45, 2.75) is 12.8 Å². The molecule has 1 N–H and O–H groups in total. The molecule has 1 saturated carbocycles. The van der Waals surface area contributed by atoms with Crippen LogP contribution in [0.3, 0.4) is 0 Å². The predicted molar refractivity (Wildman–Crippen MR) is 92.2 cm³/mol. The smallest absolute Gasteiger partial charge is 0.229 e. The fourth-order valence-electron chi connectivity index (χ4n) is 2.40. The Kier molecular flexibility index (Phi) is 3.82. The largest absolute Gasteiger partial charge is 0.456 e. The lowest BCUT2D eigenvalue weighted by Crippen LogP contribution is -2.12. The van der Waals surface area contributed by atoms with Crippen LogP contribution in [0.1, 0.15) is 18.4 Å². The Morgan fingerprint density at radius 3 is 2.72 bits per heavy atom. The number of fused-ring (bicyclic) bond motifs is 1. The highest BCUT2D eigenvalue weighted by Crippen LogP contribution is 2.37. The SMILES string of the molecule is N#Cc1c(Oc2ccc(F)cc2)ccc2nc(NC(=O)C3CC3)sc12. The number of halogens is 1. The van der Waals surface area contributed by atoms with Gasteiger partial charge in [0.15, 0.2) is 5.13 Å². The number of anilines is 1. The molecule has 0 aliphatic heterocycles. The summed E-state index contributed by atoms with van der Waals surface area (Å²) in [6, 6.07) is 11.1. The molecule has 1 heterocycles. The first-order chi connectivity index (χ1) is 12.1. The van der Waals surface area contributed by atoms with Gasteiger partial charge in [-0.05, 0) is 49.2 Å². The Labute approximate surface area is 146 Å². The number of carbonyl (C=O) groups excluding carboxylic acids is 1. The molecule has 1 aliphatic carbocycles. The van der Waals surface area contributed by atoms with Crippen LogP contribution in [-0.2, 0) is 4.79 Å². The zero-order valence-electron chi connectivity index (χ0n) is 13.0. The summed E-state index contributed by atoms with van der Waals surface area (Å²) in [6.45, 7) is 0. The molecule has 124 valence electrons. The van der Waals surface area contributed by atoms with Gasteiger partial charge in [-0.1, -0.05) is 11.3 Å². The third-order valence-electron chi connectivity index (χ3n) is 3.85. The first kappa shape index (κ1) is 15.5. The lowest BCUT2D eigenvalue weighted by molar-refractivity contribution is -0.117. The highest BCUT2D eigenvalue weighted by molar-refractivity contribution is 7.22. The van der Waals surface area contributed by atoms with Crippen molar-refractivity contribution in [3.8, 4) is 17.6 Å². The number of thiazole rings is 1. The van der Waals surface area contributed by atoms with Gasteiger partial charge >= 0.3 is 0 Å². The van der Waals surface area contributed by atoms with Crippen molar-refractivity contribution in [3.63, 3.8) is 0 Å². The van der Waals surface area contributed by atoms with Gasteiger partial charge < -0.3 is 10.1 Å². The van der Waals surface area contributed by atoms with Crippen LogP contribution in [0.5, 0.6) is 11.5 Å². The van der Waals surface area contributed by atoms with Crippen LogP contribution in [0, 0.1) is 23.1 Å². The summed E-state index contributed by atoms with van der Waals surface area (Å²) in [5.74, 6) is 0.497. The second-order valence-corrected chi connectivity index (χ2v) is 6.74. The van der Waals surface area contributed by atoms with Crippen molar-refractivity contribution < 1.29 is 13.9 Å². The van der Waals surface area contributed by atoms with E-state index in [9.17, 15) is 14.4 Å². The van der Waals surface area contributed by atoms with Gasteiger partial charge in [-0.25, -0.2) is 9.37 Å². The quantitative estimate of drug-likeness (QED) is 0.752. The van der Waals surface area contributed by atoms with Gasteiger partial charge in [0.1, 0.15) is 28.9 Å². The summed E-state index contributed by atoms with van der Waals surface area (Å²) in [4.78, 5) is 16.2. The van der Waals surface area contributed by atoms with Crippen LogP contribution >= 0.6 is 11.3 Å². The molecule has 5 nitrogen and oxygen atoms in total. The Bertz CT molecular complexity index is 1000. The topological polar surface area (TPSA) is 75.0 Å². The number of nitrogens with one attached hydrogen (secondary N) is 1. The predicted octanol–water partition coefficient (Wildman–Crippen LogP) is 4.45. The van der Waals surface area contributed by atoms with Gasteiger partial charge in [0.2, 0.25) is 5.91 Å². The van der Waals surface area contributed by atoms with Gasteiger partial charge in [0, 0.05) is 5.92 Å². The summed E-state index contributed by atoms with van der Waals surface area (Å²) >= 11 is 1.24. The van der Waals surface area contributed by atoms with Gasteiger partial charge in [-0.15, -0.1) is 0 Å². The standard InChI is InChI=1S/C18H12FN3O2S/c19-11-3-5-12(6-4-11)24-15-8-7-14-16(13(15)9-20)25-18(21-14)22-17(23)10-1-2-10/h3-8,10H,1-2H2,(H,21,22,23). The van der Waals surface area contributed by atoms with Crippen molar-refractivity contribution in [3.05, 3.63) is 47.8 Å². The van der Waals surface area contributed by atoms with E-state index in [2.05, 4.69) is 16.4 Å². The molecular weight excluding hydrogens is 341 g/mol. The van der Waals surface area contributed by atoms with E-state index in [1.165, 1.54) is 35.6 Å². The van der Waals surface area contributed by atoms with E-state index in [4.69, 9.17) is 4.74 Å². The number of nitrogens with zero attached hydrogens (tertiary/aromatic N) is 2. The maximum absolute atomic E-state index is 13.0. The molecule has 0 radical (unpaired) electrons. The lowest BCUT2D eigenvalue weighted by atomic mass is 10.2. The summed E-state index contributed by atoms with van der Waals surface area (Å²) in [6.07, 6.45) is 1.83. The zero-order chi connectivity index (χ0) is 17.4. The summed E-state index contributed by atoms with van der Waals surface area (Å²) < 4.78 is 19.3. The van der Waals surface area contributed by atoms with Crippen LogP contribution in [-0.4, -0.2) is 10.9 Å². The fourth-order valence-corrected chi connectivity index (χ4v) is 3.36. The monoisotopic (exact) mass is 353 g/mol. The maximum Gasteiger partial charge on any atom is 0.229 e. The van der Waals surface area contributed by atoms with Crippen LogP contribution in [0.4, 0.5) is 9.52 Å². The van der Waals surface area contributed by atoms with E-state index in [1.807, 2.05) is 0 Å². The van der Waals surface area contributed by atoms with Crippen LogP contribution in [0.25, 0.3) is 10.2 Å². The average molecular weight is 353 g/mol. The minimum atomic E-state index is -0.359. The van der Waals surface area contributed by atoms with E-state index < -0.39 is 0 Å². The van der Waals surface area contributed by atoms with Crippen molar-refractivity contribution in [2.24, 2.45) is 5.92 Å². The van der Waals surface area contributed by atoms with Gasteiger partial charge in [0.25, 0.3) is 0 Å². The van der Waals surface area contributed by atoms with Gasteiger partial charge in [-0.3, -0.25) is 4.79 Å². The first-order valence-electron chi connectivity index (χ1n) is 7.72. The lowest BCUT2D eigenvalue weighted by Gasteiger charge is -2.07. The van der Waals surface area contributed by atoms with Crippen molar-refractivity contribution in [1.29, 1.82) is 5.26 Å². The van der Waals surface area contributed by atoms with Gasteiger partial charge in [0.05, 0.1) is 10.2 Å². The van der Waals surface area contributed by atoms with Crippen molar-refractivity contribution in [1.82, 2.24) is 4.98 Å². The number of amides is 1. The highest BCUT2D eigenvalue weighted by atomic mass is 32.1. The van der Waals surface area contributed by atoms with Crippen molar-refractivity contribution in [2.75, 3.05) is 5.32 Å². The van der Waals surface area contributed by atoms with E-state index in [-0.39, 0.29) is 17.6 Å². The number of hydrogen-bond acceptors (Lipinski definition) is 5. The summed E-state index contributed by atoms with van der Waals surface area (Å²) in [5.41, 5.74) is 0.963. The second kappa shape index (κ2) is 6.15. The fraction of sp³-hybridized carbons (Fsp3) is 0.167. The summed E-state index contributed by atoms with van der Waals surface area (Å²) in [5, 5.41) is 12.8. The normalized spacial score (nSPS) is 13.4. The Balaban J connectivity index is 1.67. The minimum absolute atomic E-state index is 0.0275. The number of nitriles is 1. The molecule has 1 aromatic heterocycles. The van der Waals surface area contributed by atoms with E-state index in [1.54, 1.807) is 12.1 Å². The molecule has 0 unspecified atom stereocenters. The average Bonchev–Trinajstić information content (AvgIpc) is 3.38. The molecule has 4 rings (SSSR count). The maximum atomic E-state index is 13.0. The number of benzene rings is 2. The van der Waals surface area contributed by atoms with Crippen LogP contribution in [0.15, 0.2) is 36.4 Å². The van der Waals surface area contributed by atoms with Gasteiger partial charge in [-0.2, -0.15) is 5.26 Å². The van der Waals surface area contributed by atoms with E-state index in [0.29, 0.717) is 32.4 Å². The third kappa shape index (κ3) is 3.16. The zero-order valence-corrected chi connectivity index (χ0v) is 13.8. The molecule has 1 fully saturated rings. The molecular formula is C18H12FN3O2S. The molecule has 7 heteroatoms. The molecule has 3 aromatic rings. The molecule has 0 bridgehead atoms. The number of hydrogen-bond donors (Lipinski definition) is 1. The highest BCUT2D eigenvalue weighted by Gasteiger charge is 2.30. The molecule has 0 atom stereocenters. The molecule has 1 aliphatic rings. The van der Waals surface area contributed by atoms with Crippen LogP contribution < -0.4 is 10.1 Å². The number of aromatic nitrogens is 1. The number of ether oxygens (including phenoxy) is 1. The third-order valence-corrected chi connectivity index (χ3v) is 4.86. The Morgan fingerprint density at radius 2 is 2.04 bits per heavy atom. The molecule has 0 spiro atoms. The second-order valence-electron chi connectivity index (χ2n) is 5.74. The van der Waals surface area contributed by atoms with E-state index in [0.717, 1.165) is 12.8 Å². The first-order valence-corrected chi connectivity index (χ1v) is 8.53. The Hall–Kier alpha value is -2.98. The van der Waals surface area contributed by atoms with E-state index >= 15 is 0 Å².